The van der Waals surface area contributed by atoms with Crippen molar-refractivity contribution < 1.29 is 22.4 Å². The van der Waals surface area contributed by atoms with E-state index in [9.17, 15) is 13.2 Å². The fraction of sp³-hybridized carbons (Fsp3) is 0.100. The Bertz CT molecular complexity index is 569. The first kappa shape index (κ1) is 11.3. The molecule has 0 saturated carbocycles. The predicted octanol–water partition coefficient (Wildman–Crippen LogP) is 2.35. The molecule has 4 nitrogen and oxygen atoms in total. The highest BCUT2D eigenvalue weighted by molar-refractivity contribution is 5.68. The van der Waals surface area contributed by atoms with Crippen molar-refractivity contribution in [3.8, 4) is 17.1 Å². The smallest absolute Gasteiger partial charge is 0.204 e. The summed E-state index contributed by atoms with van der Waals surface area (Å²) in [5.41, 5.74) is 5.20. The van der Waals surface area contributed by atoms with E-state index in [2.05, 4.69) is 9.89 Å². The third-order valence-electron chi connectivity index (χ3n) is 2.12. The Kier molecular flexibility index (Phi) is 2.66. The molecule has 1 aromatic heterocycles. The Morgan fingerprint density at radius 3 is 2.47 bits per heavy atom. The van der Waals surface area contributed by atoms with E-state index >= 15 is 0 Å². The summed E-state index contributed by atoms with van der Waals surface area (Å²) in [6.45, 7) is 0. The topological polar surface area (TPSA) is 61.3 Å². The molecule has 0 amide bonds. The highest BCUT2D eigenvalue weighted by Crippen LogP contribution is 2.35. The Morgan fingerprint density at radius 2 is 1.94 bits per heavy atom. The van der Waals surface area contributed by atoms with E-state index in [1.165, 1.54) is 6.07 Å². The van der Waals surface area contributed by atoms with Gasteiger partial charge in [-0.25, -0.2) is 8.78 Å². The van der Waals surface area contributed by atoms with Gasteiger partial charge in [0, 0.05) is 6.07 Å². The largest absolute Gasteiger partial charge is 0.493 e. The number of halogens is 3. The number of benzene rings is 1. The molecule has 0 aliphatic heterocycles. The summed E-state index contributed by atoms with van der Waals surface area (Å²) in [4.78, 5) is 0. The van der Waals surface area contributed by atoms with Crippen LogP contribution in [-0.4, -0.2) is 12.3 Å². The van der Waals surface area contributed by atoms with Crippen molar-refractivity contribution in [1.29, 1.82) is 0 Å². The number of nitrogens with zero attached hydrogens (tertiary/aromatic N) is 1. The minimum atomic E-state index is -1.61. The zero-order valence-electron chi connectivity index (χ0n) is 8.63. The van der Waals surface area contributed by atoms with Gasteiger partial charge in [0.2, 0.25) is 5.82 Å². The van der Waals surface area contributed by atoms with E-state index in [1.807, 2.05) is 0 Å². The average Bonchev–Trinajstić information content (AvgIpc) is 2.72. The van der Waals surface area contributed by atoms with E-state index in [0.717, 1.165) is 13.2 Å². The molecule has 0 bridgehead atoms. The third-order valence-corrected chi connectivity index (χ3v) is 2.12. The van der Waals surface area contributed by atoms with Gasteiger partial charge in [-0.3, -0.25) is 0 Å². The van der Waals surface area contributed by atoms with Crippen molar-refractivity contribution in [1.82, 2.24) is 5.16 Å². The standard InChI is InChI=1S/C10H7F3N2O2/c1-16-10-4(6-3-7(14)15-17-6)2-5(11)8(12)9(10)13/h2-3H,1H3,(H2,14,15). The number of rotatable bonds is 2. The summed E-state index contributed by atoms with van der Waals surface area (Å²) < 4.78 is 48.8. The van der Waals surface area contributed by atoms with E-state index in [0.29, 0.717) is 0 Å². The van der Waals surface area contributed by atoms with E-state index in [1.54, 1.807) is 0 Å². The summed E-state index contributed by atoms with van der Waals surface area (Å²) in [5, 5.41) is 3.36. The normalized spacial score (nSPS) is 10.6. The van der Waals surface area contributed by atoms with Crippen molar-refractivity contribution in [3.05, 3.63) is 29.6 Å². The Hall–Kier alpha value is -2.18. The molecule has 0 atom stereocenters. The number of anilines is 1. The molecule has 7 heteroatoms. The first-order chi connectivity index (χ1) is 8.04. The predicted molar refractivity (Wildman–Crippen MR) is 52.8 cm³/mol. The maximum Gasteiger partial charge on any atom is 0.204 e. The van der Waals surface area contributed by atoms with E-state index < -0.39 is 23.2 Å². The van der Waals surface area contributed by atoms with Crippen LogP contribution in [0.5, 0.6) is 5.75 Å². The van der Waals surface area contributed by atoms with Crippen molar-refractivity contribution >= 4 is 5.82 Å². The number of nitrogens with two attached hydrogens (primary N) is 1. The zero-order valence-corrected chi connectivity index (χ0v) is 8.63. The molecule has 0 aliphatic rings. The highest BCUT2D eigenvalue weighted by Gasteiger charge is 2.22. The zero-order chi connectivity index (χ0) is 12.6. The van der Waals surface area contributed by atoms with Gasteiger partial charge in [-0.05, 0) is 6.07 Å². The molecule has 1 aromatic carbocycles. The number of ether oxygens (including phenoxy) is 1. The van der Waals surface area contributed by atoms with Crippen molar-refractivity contribution in [3.63, 3.8) is 0 Å². The second-order valence-corrected chi connectivity index (χ2v) is 3.18. The van der Waals surface area contributed by atoms with Crippen LogP contribution in [0.4, 0.5) is 19.0 Å². The van der Waals surface area contributed by atoms with Crippen LogP contribution in [-0.2, 0) is 0 Å². The quantitative estimate of drug-likeness (QED) is 0.823. The van der Waals surface area contributed by atoms with Crippen LogP contribution in [0.2, 0.25) is 0 Å². The van der Waals surface area contributed by atoms with Gasteiger partial charge in [0.15, 0.2) is 29.0 Å². The van der Waals surface area contributed by atoms with Crippen LogP contribution in [0.15, 0.2) is 16.7 Å². The molecular formula is C10H7F3N2O2. The minimum absolute atomic E-state index is 0.0165. The molecule has 0 unspecified atom stereocenters. The maximum atomic E-state index is 13.4. The molecule has 2 rings (SSSR count). The highest BCUT2D eigenvalue weighted by atomic mass is 19.2. The molecule has 0 fully saturated rings. The molecule has 1 heterocycles. The van der Waals surface area contributed by atoms with Gasteiger partial charge >= 0.3 is 0 Å². The molecular weight excluding hydrogens is 237 g/mol. The molecule has 90 valence electrons. The number of hydrogen-bond donors (Lipinski definition) is 1. The lowest BCUT2D eigenvalue weighted by atomic mass is 10.1. The number of hydrogen-bond acceptors (Lipinski definition) is 4. The summed E-state index contributed by atoms with van der Waals surface area (Å²) in [6.07, 6.45) is 0. The van der Waals surface area contributed by atoms with Gasteiger partial charge in [0.1, 0.15) is 0 Å². The average molecular weight is 244 g/mol. The van der Waals surface area contributed by atoms with E-state index in [-0.39, 0.29) is 17.1 Å². The van der Waals surface area contributed by atoms with Gasteiger partial charge in [0.05, 0.1) is 12.7 Å². The Labute approximate surface area is 93.8 Å². The summed E-state index contributed by atoms with van der Waals surface area (Å²) in [7, 11) is 1.12. The Balaban J connectivity index is 2.69. The van der Waals surface area contributed by atoms with Crippen LogP contribution in [0, 0.1) is 17.5 Å². The summed E-state index contributed by atoms with van der Waals surface area (Å²) in [5.74, 6) is -4.85. The molecule has 0 aliphatic carbocycles. The lowest BCUT2D eigenvalue weighted by Gasteiger charge is -2.07. The van der Waals surface area contributed by atoms with Crippen LogP contribution in [0.1, 0.15) is 0 Å². The second-order valence-electron chi connectivity index (χ2n) is 3.18. The SMILES string of the molecule is COc1c(-c2cc(N)no2)cc(F)c(F)c1F. The van der Waals surface area contributed by atoms with Crippen LogP contribution in [0.25, 0.3) is 11.3 Å². The van der Waals surface area contributed by atoms with Gasteiger partial charge < -0.3 is 15.0 Å². The summed E-state index contributed by atoms with van der Waals surface area (Å²) in [6, 6.07) is 1.99. The number of methoxy groups -OCH3 is 1. The first-order valence-electron chi connectivity index (χ1n) is 4.48. The molecule has 0 spiro atoms. The summed E-state index contributed by atoms with van der Waals surface area (Å²) >= 11 is 0. The lowest BCUT2D eigenvalue weighted by molar-refractivity contribution is 0.358. The van der Waals surface area contributed by atoms with Crippen LogP contribution < -0.4 is 10.5 Å². The third kappa shape index (κ3) is 1.79. The minimum Gasteiger partial charge on any atom is -0.493 e. The van der Waals surface area contributed by atoms with Crippen molar-refractivity contribution in [2.24, 2.45) is 0 Å². The van der Waals surface area contributed by atoms with Crippen molar-refractivity contribution in [2.75, 3.05) is 12.8 Å². The van der Waals surface area contributed by atoms with Gasteiger partial charge in [-0.1, -0.05) is 5.16 Å². The van der Waals surface area contributed by atoms with Gasteiger partial charge in [-0.15, -0.1) is 0 Å². The fourth-order valence-electron chi connectivity index (χ4n) is 1.38. The molecule has 2 N–H and O–H groups in total. The van der Waals surface area contributed by atoms with Crippen LogP contribution >= 0.6 is 0 Å². The number of aromatic nitrogens is 1. The molecule has 0 saturated heterocycles. The first-order valence-corrected chi connectivity index (χ1v) is 4.48. The van der Waals surface area contributed by atoms with Crippen LogP contribution in [0.3, 0.4) is 0 Å². The Morgan fingerprint density at radius 1 is 1.24 bits per heavy atom. The monoisotopic (exact) mass is 244 g/mol. The maximum absolute atomic E-state index is 13.4. The van der Waals surface area contributed by atoms with Gasteiger partial charge in [0.25, 0.3) is 0 Å². The van der Waals surface area contributed by atoms with E-state index in [4.69, 9.17) is 10.3 Å². The molecule has 0 radical (unpaired) electrons. The lowest BCUT2D eigenvalue weighted by Crippen LogP contribution is -1.98. The molecule has 2 aromatic rings. The van der Waals surface area contributed by atoms with Gasteiger partial charge in [-0.2, -0.15) is 4.39 Å². The fourth-order valence-corrected chi connectivity index (χ4v) is 1.38. The number of nitrogen functional groups attached to an aromatic ring is 1. The second kappa shape index (κ2) is 4.00. The van der Waals surface area contributed by atoms with Crippen molar-refractivity contribution in [2.45, 2.75) is 0 Å². The molecule has 17 heavy (non-hydrogen) atoms.